The number of hydrogen-bond acceptors (Lipinski definition) is 3. The summed E-state index contributed by atoms with van der Waals surface area (Å²) in [6, 6.07) is 0. The molecule has 0 atom stereocenters. The number of carboxylic acid groups (broad SMARTS) is 1. The molecule has 2 aliphatic rings. The number of rotatable bonds is 3. The van der Waals surface area contributed by atoms with Crippen molar-refractivity contribution in [2.45, 2.75) is 46.1 Å². The standard InChI is InChI=1S/C14H25NO3/c1-12(2,11(16)17)13(3,4)15-9-14(10-15)5-7-18-8-6-14/h5-10H2,1-4H3,(H,16,17). The van der Waals surface area contributed by atoms with Crippen LogP contribution in [0.1, 0.15) is 40.5 Å². The fourth-order valence-corrected chi connectivity index (χ4v) is 2.94. The lowest BCUT2D eigenvalue weighted by Crippen LogP contribution is -2.69. The molecule has 4 nitrogen and oxygen atoms in total. The molecular formula is C14H25NO3. The summed E-state index contributed by atoms with van der Waals surface area (Å²) in [7, 11) is 0. The normalized spacial score (nSPS) is 24.9. The third-order valence-electron chi connectivity index (χ3n) is 5.46. The van der Waals surface area contributed by atoms with Crippen LogP contribution in [0.4, 0.5) is 0 Å². The second-order valence-electron chi connectivity index (χ2n) is 6.96. The van der Waals surface area contributed by atoms with Gasteiger partial charge < -0.3 is 9.84 Å². The molecule has 4 heteroatoms. The van der Waals surface area contributed by atoms with Gasteiger partial charge in [-0.1, -0.05) is 0 Å². The highest BCUT2D eigenvalue weighted by molar-refractivity contribution is 5.75. The Labute approximate surface area is 109 Å². The van der Waals surface area contributed by atoms with E-state index in [4.69, 9.17) is 4.74 Å². The van der Waals surface area contributed by atoms with E-state index in [1.807, 2.05) is 27.7 Å². The Morgan fingerprint density at radius 1 is 1.17 bits per heavy atom. The van der Waals surface area contributed by atoms with Crippen molar-refractivity contribution in [2.24, 2.45) is 10.8 Å². The molecule has 1 N–H and O–H groups in total. The zero-order chi connectivity index (χ0) is 13.6. The van der Waals surface area contributed by atoms with Crippen LogP contribution in [0.3, 0.4) is 0 Å². The van der Waals surface area contributed by atoms with Crippen molar-refractivity contribution in [3.63, 3.8) is 0 Å². The van der Waals surface area contributed by atoms with Gasteiger partial charge in [-0.3, -0.25) is 9.69 Å². The fourth-order valence-electron chi connectivity index (χ4n) is 2.94. The molecule has 0 saturated carbocycles. The SMILES string of the molecule is CC(C)(C(=O)O)C(C)(C)N1CC2(CCOCC2)C1. The van der Waals surface area contributed by atoms with Crippen LogP contribution in [0.15, 0.2) is 0 Å². The van der Waals surface area contributed by atoms with Gasteiger partial charge in [-0.2, -0.15) is 0 Å². The zero-order valence-corrected chi connectivity index (χ0v) is 12.0. The lowest BCUT2D eigenvalue weighted by Gasteiger charge is -2.60. The molecule has 1 spiro atoms. The van der Waals surface area contributed by atoms with Gasteiger partial charge in [-0.05, 0) is 40.5 Å². The average molecular weight is 255 g/mol. The maximum Gasteiger partial charge on any atom is 0.310 e. The van der Waals surface area contributed by atoms with Gasteiger partial charge >= 0.3 is 5.97 Å². The first kappa shape index (κ1) is 13.8. The molecule has 0 aromatic carbocycles. The predicted molar refractivity (Wildman–Crippen MR) is 69.6 cm³/mol. The number of nitrogens with zero attached hydrogens (tertiary/aromatic N) is 1. The number of hydrogen-bond donors (Lipinski definition) is 1. The summed E-state index contributed by atoms with van der Waals surface area (Å²) < 4.78 is 5.41. The molecular weight excluding hydrogens is 230 g/mol. The summed E-state index contributed by atoms with van der Waals surface area (Å²) >= 11 is 0. The van der Waals surface area contributed by atoms with Crippen LogP contribution in [0.2, 0.25) is 0 Å². The molecule has 0 unspecified atom stereocenters. The van der Waals surface area contributed by atoms with Crippen LogP contribution >= 0.6 is 0 Å². The molecule has 0 bridgehead atoms. The minimum Gasteiger partial charge on any atom is -0.481 e. The van der Waals surface area contributed by atoms with E-state index >= 15 is 0 Å². The summed E-state index contributed by atoms with van der Waals surface area (Å²) in [4.78, 5) is 13.8. The molecule has 2 aliphatic heterocycles. The van der Waals surface area contributed by atoms with E-state index in [0.717, 1.165) is 39.1 Å². The van der Waals surface area contributed by atoms with E-state index in [0.29, 0.717) is 5.41 Å². The van der Waals surface area contributed by atoms with Gasteiger partial charge in [0.15, 0.2) is 0 Å². The van der Waals surface area contributed by atoms with E-state index in [9.17, 15) is 9.90 Å². The number of aliphatic carboxylic acids is 1. The first-order valence-corrected chi connectivity index (χ1v) is 6.78. The molecule has 0 aromatic rings. The maximum absolute atomic E-state index is 11.4. The summed E-state index contributed by atoms with van der Waals surface area (Å²) in [6.45, 7) is 11.5. The van der Waals surface area contributed by atoms with Gasteiger partial charge in [0.25, 0.3) is 0 Å². The lowest BCUT2D eigenvalue weighted by atomic mass is 9.66. The second-order valence-corrected chi connectivity index (χ2v) is 6.96. The van der Waals surface area contributed by atoms with Gasteiger partial charge in [0.05, 0.1) is 5.41 Å². The molecule has 2 saturated heterocycles. The highest BCUT2D eigenvalue weighted by atomic mass is 16.5. The van der Waals surface area contributed by atoms with Crippen molar-refractivity contribution in [3.05, 3.63) is 0 Å². The third-order valence-corrected chi connectivity index (χ3v) is 5.46. The Kier molecular flexibility index (Phi) is 3.23. The van der Waals surface area contributed by atoms with E-state index in [1.165, 1.54) is 0 Å². The Balaban J connectivity index is 2.04. The number of likely N-dealkylation sites (tertiary alicyclic amines) is 1. The Morgan fingerprint density at radius 2 is 1.67 bits per heavy atom. The first-order valence-electron chi connectivity index (χ1n) is 6.78. The van der Waals surface area contributed by atoms with E-state index in [1.54, 1.807) is 0 Å². The van der Waals surface area contributed by atoms with Gasteiger partial charge in [-0.25, -0.2) is 0 Å². The molecule has 2 rings (SSSR count). The third kappa shape index (κ3) is 1.95. The number of ether oxygens (including phenoxy) is 1. The predicted octanol–water partition coefficient (Wildman–Crippen LogP) is 1.99. The topological polar surface area (TPSA) is 49.8 Å². The summed E-state index contributed by atoms with van der Waals surface area (Å²) in [6.07, 6.45) is 2.24. The molecule has 2 heterocycles. The Hall–Kier alpha value is -0.610. The van der Waals surface area contributed by atoms with E-state index in [-0.39, 0.29) is 5.54 Å². The highest BCUT2D eigenvalue weighted by Gasteiger charge is 2.55. The summed E-state index contributed by atoms with van der Waals surface area (Å²) in [5.74, 6) is -0.722. The Bertz CT molecular complexity index is 335. The molecule has 0 aliphatic carbocycles. The summed E-state index contributed by atoms with van der Waals surface area (Å²) in [5.41, 5.74) is -0.660. The van der Waals surface area contributed by atoms with Crippen LogP contribution in [-0.4, -0.2) is 47.8 Å². The summed E-state index contributed by atoms with van der Waals surface area (Å²) in [5, 5.41) is 9.40. The van der Waals surface area contributed by atoms with Gasteiger partial charge in [-0.15, -0.1) is 0 Å². The number of carbonyl (C=O) groups is 1. The van der Waals surface area contributed by atoms with Crippen LogP contribution in [0.5, 0.6) is 0 Å². The van der Waals surface area contributed by atoms with Gasteiger partial charge in [0.2, 0.25) is 0 Å². The minimum absolute atomic E-state index is 0.317. The first-order chi connectivity index (χ1) is 8.21. The smallest absolute Gasteiger partial charge is 0.310 e. The van der Waals surface area contributed by atoms with Gasteiger partial charge in [0.1, 0.15) is 0 Å². The maximum atomic E-state index is 11.4. The van der Waals surface area contributed by atoms with E-state index < -0.39 is 11.4 Å². The molecule has 0 aromatic heterocycles. The van der Waals surface area contributed by atoms with Crippen molar-refractivity contribution in [2.75, 3.05) is 26.3 Å². The molecule has 104 valence electrons. The lowest BCUT2D eigenvalue weighted by molar-refractivity contribution is -0.173. The largest absolute Gasteiger partial charge is 0.481 e. The monoisotopic (exact) mass is 255 g/mol. The number of carboxylic acids is 1. The van der Waals surface area contributed by atoms with Gasteiger partial charge in [0, 0.05) is 37.3 Å². The molecule has 0 radical (unpaired) electrons. The molecule has 0 amide bonds. The average Bonchev–Trinajstić information content (AvgIpc) is 2.26. The zero-order valence-electron chi connectivity index (χ0n) is 12.0. The molecule has 18 heavy (non-hydrogen) atoms. The highest BCUT2D eigenvalue weighted by Crippen LogP contribution is 2.47. The van der Waals surface area contributed by atoms with Crippen LogP contribution in [0, 0.1) is 10.8 Å². The van der Waals surface area contributed by atoms with Crippen molar-refractivity contribution in [1.82, 2.24) is 4.90 Å². The minimum atomic E-state index is -0.736. The van der Waals surface area contributed by atoms with Crippen LogP contribution < -0.4 is 0 Å². The van der Waals surface area contributed by atoms with Crippen LogP contribution in [0.25, 0.3) is 0 Å². The van der Waals surface area contributed by atoms with Crippen molar-refractivity contribution >= 4 is 5.97 Å². The van der Waals surface area contributed by atoms with Crippen molar-refractivity contribution in [1.29, 1.82) is 0 Å². The van der Waals surface area contributed by atoms with Crippen LogP contribution in [-0.2, 0) is 9.53 Å². The Morgan fingerprint density at radius 3 is 2.11 bits per heavy atom. The molecule has 2 fully saturated rings. The quantitative estimate of drug-likeness (QED) is 0.838. The second kappa shape index (κ2) is 4.20. The fraction of sp³-hybridized carbons (Fsp3) is 0.929. The van der Waals surface area contributed by atoms with Crippen molar-refractivity contribution < 1.29 is 14.6 Å². The van der Waals surface area contributed by atoms with Crippen molar-refractivity contribution in [3.8, 4) is 0 Å². The van der Waals surface area contributed by atoms with E-state index in [2.05, 4.69) is 4.90 Å².